The number of hydrogen-bond acceptors (Lipinski definition) is 3. The van der Waals surface area contributed by atoms with Gasteiger partial charge in [-0.05, 0) is 30.3 Å². The molecule has 2 aromatic rings. The number of alkyl halides is 3. The average molecular weight is 367 g/mol. The van der Waals surface area contributed by atoms with Crippen molar-refractivity contribution in [3.63, 3.8) is 0 Å². The van der Waals surface area contributed by atoms with Gasteiger partial charge >= 0.3 is 6.18 Å². The van der Waals surface area contributed by atoms with Crippen molar-refractivity contribution in [1.29, 1.82) is 0 Å². The van der Waals surface area contributed by atoms with E-state index >= 15 is 0 Å². The van der Waals surface area contributed by atoms with Gasteiger partial charge in [0.25, 0.3) is 11.5 Å². The number of nitrogens with zero attached hydrogens (tertiary/aromatic N) is 2. The van der Waals surface area contributed by atoms with Crippen LogP contribution in [0.15, 0.2) is 47.4 Å². The molecule has 1 aromatic heterocycles. The molecule has 2 amide bonds. The molecule has 0 fully saturated rings. The molecule has 0 radical (unpaired) electrons. The lowest BCUT2D eigenvalue weighted by Gasteiger charge is -2.12. The van der Waals surface area contributed by atoms with E-state index in [0.717, 1.165) is 12.3 Å². The largest absolute Gasteiger partial charge is 0.421 e. The zero-order valence-electron chi connectivity index (χ0n) is 14.0. The van der Waals surface area contributed by atoms with Gasteiger partial charge in [-0.15, -0.1) is 0 Å². The summed E-state index contributed by atoms with van der Waals surface area (Å²) < 4.78 is 38.9. The van der Waals surface area contributed by atoms with Crippen molar-refractivity contribution in [2.45, 2.75) is 12.7 Å². The summed E-state index contributed by atoms with van der Waals surface area (Å²) in [6.45, 7) is -0.589. The molecule has 2 rings (SSSR count). The number of carbonyl (C=O) groups is 2. The number of carbonyl (C=O) groups excluding carboxylic acids is 2. The van der Waals surface area contributed by atoms with Gasteiger partial charge in [-0.2, -0.15) is 13.2 Å². The van der Waals surface area contributed by atoms with Crippen LogP contribution in [-0.2, 0) is 17.5 Å². The maximum Gasteiger partial charge on any atom is 0.421 e. The Labute approximate surface area is 146 Å². The van der Waals surface area contributed by atoms with Crippen LogP contribution in [0.3, 0.4) is 0 Å². The van der Waals surface area contributed by atoms with Crippen molar-refractivity contribution < 1.29 is 22.8 Å². The minimum absolute atomic E-state index is 0.268. The van der Waals surface area contributed by atoms with Crippen molar-refractivity contribution in [3.05, 3.63) is 64.1 Å². The molecular formula is C17H16F3N3O3. The zero-order valence-corrected chi connectivity index (χ0v) is 14.0. The predicted molar refractivity (Wildman–Crippen MR) is 88.8 cm³/mol. The number of amides is 2. The maximum absolute atomic E-state index is 12.7. The van der Waals surface area contributed by atoms with E-state index in [1.807, 2.05) is 0 Å². The smallest absolute Gasteiger partial charge is 0.345 e. The molecule has 0 atom stereocenters. The molecule has 1 N–H and O–H groups in total. The van der Waals surface area contributed by atoms with Crippen molar-refractivity contribution in [2.24, 2.45) is 0 Å². The Balaban J connectivity index is 2.17. The Kier molecular flexibility index (Phi) is 5.49. The van der Waals surface area contributed by atoms with Crippen LogP contribution in [0.25, 0.3) is 0 Å². The second-order valence-electron chi connectivity index (χ2n) is 5.68. The highest BCUT2D eigenvalue weighted by molar-refractivity contribution is 5.96. The van der Waals surface area contributed by atoms with E-state index in [1.165, 1.54) is 17.0 Å². The molecule has 6 nitrogen and oxygen atoms in total. The Bertz CT molecular complexity index is 889. The normalized spacial score (nSPS) is 11.1. The number of nitrogens with one attached hydrogen (secondary N) is 1. The van der Waals surface area contributed by atoms with Crippen LogP contribution in [0.1, 0.15) is 15.9 Å². The van der Waals surface area contributed by atoms with Crippen LogP contribution < -0.4 is 10.9 Å². The number of rotatable bonds is 4. The first-order valence-electron chi connectivity index (χ1n) is 7.48. The maximum atomic E-state index is 12.7. The van der Waals surface area contributed by atoms with Crippen LogP contribution in [0.4, 0.5) is 18.9 Å². The molecule has 0 aliphatic heterocycles. The van der Waals surface area contributed by atoms with E-state index in [1.54, 1.807) is 26.2 Å². The van der Waals surface area contributed by atoms with Gasteiger partial charge in [0.15, 0.2) is 0 Å². The van der Waals surface area contributed by atoms with Gasteiger partial charge in [0.2, 0.25) is 5.91 Å². The van der Waals surface area contributed by atoms with Crippen LogP contribution in [0.2, 0.25) is 0 Å². The Morgan fingerprint density at radius 1 is 1.15 bits per heavy atom. The van der Waals surface area contributed by atoms with Gasteiger partial charge in [-0.1, -0.05) is 6.07 Å². The minimum Gasteiger partial charge on any atom is -0.345 e. The summed E-state index contributed by atoms with van der Waals surface area (Å²) in [6.07, 6.45) is -3.69. The first-order chi connectivity index (χ1) is 12.1. The molecular weight excluding hydrogens is 351 g/mol. The first kappa shape index (κ1) is 19.2. The highest BCUT2D eigenvalue weighted by Crippen LogP contribution is 2.25. The third-order valence-electron chi connectivity index (χ3n) is 3.44. The lowest BCUT2D eigenvalue weighted by atomic mass is 10.2. The second kappa shape index (κ2) is 7.42. The quantitative estimate of drug-likeness (QED) is 0.901. The summed E-state index contributed by atoms with van der Waals surface area (Å²) in [7, 11) is 3.15. The van der Waals surface area contributed by atoms with Crippen LogP contribution in [0.5, 0.6) is 0 Å². The standard InChI is InChI=1S/C17H16F3N3O3/c1-22(2)15(25)11-5-3-6-12(9-11)21-14(24)10-23-8-4-7-13(16(23)26)17(18,19)20/h3-9H,10H2,1-2H3,(H,21,24). The van der Waals surface area contributed by atoms with E-state index in [9.17, 15) is 27.6 Å². The van der Waals surface area contributed by atoms with E-state index in [4.69, 9.17) is 0 Å². The number of pyridine rings is 1. The minimum atomic E-state index is -4.79. The van der Waals surface area contributed by atoms with E-state index in [2.05, 4.69) is 5.32 Å². The van der Waals surface area contributed by atoms with Crippen molar-refractivity contribution in [3.8, 4) is 0 Å². The average Bonchev–Trinajstić information content (AvgIpc) is 2.55. The topological polar surface area (TPSA) is 71.4 Å². The summed E-state index contributed by atoms with van der Waals surface area (Å²) in [4.78, 5) is 37.2. The van der Waals surface area contributed by atoms with E-state index < -0.39 is 29.8 Å². The molecule has 0 bridgehead atoms. The number of anilines is 1. The van der Waals surface area contributed by atoms with E-state index in [-0.39, 0.29) is 5.91 Å². The Hall–Kier alpha value is -3.10. The van der Waals surface area contributed by atoms with E-state index in [0.29, 0.717) is 21.9 Å². The summed E-state index contributed by atoms with van der Waals surface area (Å²) in [5.41, 5.74) is -2.01. The highest BCUT2D eigenvalue weighted by atomic mass is 19.4. The molecule has 0 unspecified atom stereocenters. The summed E-state index contributed by atoms with van der Waals surface area (Å²) >= 11 is 0. The van der Waals surface area contributed by atoms with Crippen LogP contribution in [-0.4, -0.2) is 35.4 Å². The summed E-state index contributed by atoms with van der Waals surface area (Å²) in [6, 6.07) is 7.80. The second-order valence-corrected chi connectivity index (χ2v) is 5.68. The molecule has 1 aromatic carbocycles. The van der Waals surface area contributed by atoms with Crippen molar-refractivity contribution >= 4 is 17.5 Å². The fourth-order valence-corrected chi connectivity index (χ4v) is 2.22. The highest BCUT2D eigenvalue weighted by Gasteiger charge is 2.34. The molecule has 0 spiro atoms. The predicted octanol–water partition coefficient (Wildman–Crippen LogP) is 2.21. The number of halogens is 3. The van der Waals surface area contributed by atoms with Gasteiger partial charge in [0.1, 0.15) is 12.1 Å². The van der Waals surface area contributed by atoms with Gasteiger partial charge in [0, 0.05) is 31.5 Å². The molecule has 0 aliphatic carbocycles. The molecule has 0 saturated carbocycles. The Morgan fingerprint density at radius 3 is 2.46 bits per heavy atom. The van der Waals surface area contributed by atoms with Gasteiger partial charge in [-0.25, -0.2) is 0 Å². The van der Waals surface area contributed by atoms with Crippen LogP contribution in [0, 0.1) is 0 Å². The third-order valence-corrected chi connectivity index (χ3v) is 3.44. The molecule has 0 saturated heterocycles. The third kappa shape index (κ3) is 4.50. The molecule has 26 heavy (non-hydrogen) atoms. The summed E-state index contributed by atoms with van der Waals surface area (Å²) in [5.74, 6) is -0.962. The number of benzene rings is 1. The first-order valence-corrected chi connectivity index (χ1v) is 7.48. The monoisotopic (exact) mass is 367 g/mol. The fraction of sp³-hybridized carbons (Fsp3) is 0.235. The molecule has 9 heteroatoms. The SMILES string of the molecule is CN(C)C(=O)c1cccc(NC(=O)Cn2cccc(C(F)(F)F)c2=O)c1. The lowest BCUT2D eigenvalue weighted by Crippen LogP contribution is -2.32. The number of hydrogen-bond donors (Lipinski definition) is 1. The van der Waals surface area contributed by atoms with Gasteiger partial charge < -0.3 is 14.8 Å². The fourth-order valence-electron chi connectivity index (χ4n) is 2.22. The molecule has 1 heterocycles. The molecule has 138 valence electrons. The summed E-state index contributed by atoms with van der Waals surface area (Å²) in [5, 5.41) is 2.46. The number of aromatic nitrogens is 1. The zero-order chi connectivity index (χ0) is 19.5. The van der Waals surface area contributed by atoms with Crippen molar-refractivity contribution in [1.82, 2.24) is 9.47 Å². The van der Waals surface area contributed by atoms with Crippen molar-refractivity contribution in [2.75, 3.05) is 19.4 Å². The Morgan fingerprint density at radius 2 is 1.85 bits per heavy atom. The van der Waals surface area contributed by atoms with Gasteiger partial charge in [-0.3, -0.25) is 14.4 Å². The van der Waals surface area contributed by atoms with Gasteiger partial charge in [0.05, 0.1) is 0 Å². The lowest BCUT2D eigenvalue weighted by molar-refractivity contribution is -0.139. The molecule has 0 aliphatic rings. The van der Waals surface area contributed by atoms with Crippen LogP contribution >= 0.6 is 0 Å².